The van der Waals surface area contributed by atoms with E-state index in [9.17, 15) is 9.59 Å². The number of carbonyl (C=O) groups excluding carboxylic acids is 1. The van der Waals surface area contributed by atoms with Gasteiger partial charge in [0.1, 0.15) is 5.76 Å². The molecule has 1 aliphatic rings. The highest BCUT2D eigenvalue weighted by atomic mass is 16.8. The van der Waals surface area contributed by atoms with Gasteiger partial charge in [-0.25, -0.2) is 4.79 Å². The van der Waals surface area contributed by atoms with Gasteiger partial charge in [-0.15, -0.1) is 0 Å². The summed E-state index contributed by atoms with van der Waals surface area (Å²) >= 11 is 0. The van der Waals surface area contributed by atoms with Gasteiger partial charge in [0.15, 0.2) is 0 Å². The molecule has 118 valence electrons. The number of hydrogen-bond donors (Lipinski definition) is 1. The molecule has 6 heteroatoms. The molecule has 0 radical (unpaired) electrons. The lowest BCUT2D eigenvalue weighted by Crippen LogP contribution is -2.49. The quantitative estimate of drug-likeness (QED) is 0.894. The van der Waals surface area contributed by atoms with Crippen molar-refractivity contribution >= 4 is 5.97 Å². The van der Waals surface area contributed by atoms with Crippen molar-refractivity contribution in [2.24, 2.45) is 11.3 Å². The maximum absolute atomic E-state index is 12.5. The van der Waals surface area contributed by atoms with Gasteiger partial charge in [-0.1, -0.05) is 6.92 Å². The Morgan fingerprint density at radius 1 is 1.48 bits per heavy atom. The van der Waals surface area contributed by atoms with Gasteiger partial charge in [-0.05, 0) is 47.1 Å². The molecule has 0 spiro atoms. The summed E-state index contributed by atoms with van der Waals surface area (Å²) < 4.78 is 5.47. The Labute approximate surface area is 124 Å². The molecule has 0 saturated carbocycles. The second kappa shape index (κ2) is 5.02. The predicted molar refractivity (Wildman–Crippen MR) is 77.9 cm³/mol. The Balaban J connectivity index is 2.45. The summed E-state index contributed by atoms with van der Waals surface area (Å²) in [6.45, 7) is 9.24. The maximum atomic E-state index is 12.5. The highest BCUT2D eigenvalue weighted by Gasteiger charge is 2.43. The van der Waals surface area contributed by atoms with E-state index in [2.05, 4.69) is 12.2 Å². The second-order valence-electron chi connectivity index (χ2n) is 6.97. The van der Waals surface area contributed by atoms with Crippen molar-refractivity contribution < 1.29 is 14.2 Å². The zero-order chi connectivity index (χ0) is 16.0. The van der Waals surface area contributed by atoms with Gasteiger partial charge in [0.2, 0.25) is 0 Å². The molecule has 0 aromatic carbocycles. The summed E-state index contributed by atoms with van der Waals surface area (Å²) in [6.07, 6.45) is 1.58. The Hall–Kier alpha value is -1.56. The van der Waals surface area contributed by atoms with Crippen molar-refractivity contribution in [3.63, 3.8) is 0 Å². The molecule has 1 heterocycles. The van der Waals surface area contributed by atoms with Crippen LogP contribution < -0.4 is 15.7 Å². The fourth-order valence-corrected chi connectivity index (χ4v) is 2.61. The van der Waals surface area contributed by atoms with E-state index < -0.39 is 22.5 Å². The van der Waals surface area contributed by atoms with Crippen molar-refractivity contribution in [1.82, 2.24) is 10.2 Å². The molecule has 1 aromatic heterocycles. The van der Waals surface area contributed by atoms with Gasteiger partial charge in [-0.3, -0.25) is 4.79 Å². The van der Waals surface area contributed by atoms with Crippen LogP contribution in [0.15, 0.2) is 9.32 Å². The lowest BCUT2D eigenvalue weighted by Gasteiger charge is -2.37. The smallest absolute Gasteiger partial charge is 0.341 e. The Kier molecular flexibility index (Phi) is 3.78. The number of aromatic nitrogens is 1. The van der Waals surface area contributed by atoms with Gasteiger partial charge in [0, 0.05) is 11.3 Å². The van der Waals surface area contributed by atoms with Crippen molar-refractivity contribution in [2.45, 2.75) is 53.0 Å². The summed E-state index contributed by atoms with van der Waals surface area (Å²) in [5, 5.41) is 3.21. The number of hydrogen-bond acceptors (Lipinski definition) is 5. The molecule has 1 aliphatic carbocycles. The largest absolute Gasteiger partial charge is 0.346 e. The van der Waals surface area contributed by atoms with Crippen molar-refractivity contribution in [3.8, 4) is 0 Å². The summed E-state index contributed by atoms with van der Waals surface area (Å²) in [6, 6.07) is 0. The molecule has 2 atom stereocenters. The van der Waals surface area contributed by atoms with E-state index >= 15 is 0 Å². The minimum atomic E-state index is -0.702. The third kappa shape index (κ3) is 2.52. The van der Waals surface area contributed by atoms with Crippen LogP contribution >= 0.6 is 0 Å². The van der Waals surface area contributed by atoms with E-state index in [4.69, 9.17) is 9.36 Å². The Bertz CT molecular complexity index is 608. The highest BCUT2D eigenvalue weighted by molar-refractivity contribution is 5.75. The topological polar surface area (TPSA) is 73.5 Å². The molecule has 0 bridgehead atoms. The molecule has 0 aliphatic heterocycles. The summed E-state index contributed by atoms with van der Waals surface area (Å²) in [5.41, 5.74) is -1.02. The number of nitrogens with one attached hydrogen (secondary N) is 1. The summed E-state index contributed by atoms with van der Waals surface area (Å²) in [4.78, 5) is 30.3. The van der Waals surface area contributed by atoms with Crippen molar-refractivity contribution in [1.29, 1.82) is 0 Å². The number of fused-ring (bicyclic) bond motifs is 1. The first-order chi connectivity index (χ1) is 9.61. The number of rotatable bonds is 2. The van der Waals surface area contributed by atoms with Crippen LogP contribution in [0.3, 0.4) is 0 Å². The molecule has 0 fully saturated rings. The average molecular weight is 296 g/mol. The van der Waals surface area contributed by atoms with Crippen LogP contribution in [0.5, 0.6) is 0 Å². The third-order valence-corrected chi connectivity index (χ3v) is 4.46. The van der Waals surface area contributed by atoms with E-state index in [1.807, 2.05) is 14.0 Å². The van der Waals surface area contributed by atoms with Gasteiger partial charge < -0.3 is 14.7 Å². The van der Waals surface area contributed by atoms with E-state index in [0.29, 0.717) is 17.7 Å². The number of carbonyl (C=O) groups is 1. The van der Waals surface area contributed by atoms with E-state index in [1.54, 1.807) is 20.8 Å². The highest BCUT2D eigenvalue weighted by Crippen LogP contribution is 2.37. The van der Waals surface area contributed by atoms with E-state index in [1.165, 1.54) is 0 Å². The molecule has 0 saturated heterocycles. The molecule has 0 amide bonds. The number of aryl methyl sites for hydroxylation is 1. The summed E-state index contributed by atoms with van der Waals surface area (Å²) in [5.74, 6) is 0.374. The summed E-state index contributed by atoms with van der Waals surface area (Å²) in [7, 11) is 1.82. The molecule has 0 unspecified atom stereocenters. The molecular formula is C15H24N2O4. The first kappa shape index (κ1) is 15.8. The minimum absolute atomic E-state index is 0.284. The molecular weight excluding hydrogens is 272 g/mol. The fraction of sp³-hybridized carbons (Fsp3) is 0.733. The monoisotopic (exact) mass is 296 g/mol. The first-order valence-electron chi connectivity index (χ1n) is 7.28. The number of nitrogens with zero attached hydrogens (tertiary/aromatic N) is 1. The van der Waals surface area contributed by atoms with E-state index in [0.717, 1.165) is 11.3 Å². The van der Waals surface area contributed by atoms with Crippen molar-refractivity contribution in [3.05, 3.63) is 21.7 Å². The van der Waals surface area contributed by atoms with Gasteiger partial charge in [0.05, 0.1) is 16.5 Å². The molecule has 1 aromatic rings. The predicted octanol–water partition coefficient (Wildman–Crippen LogP) is 1.46. The van der Waals surface area contributed by atoms with Crippen LogP contribution in [-0.2, 0) is 16.8 Å². The van der Waals surface area contributed by atoms with Crippen LogP contribution in [0.25, 0.3) is 0 Å². The second-order valence-corrected chi connectivity index (χ2v) is 6.97. The SMILES string of the molecule is CN[C@@]1(C)c2c(on(OC(=O)C(C)(C)C)c2=O)CC[C@@H]1C. The standard InChI is InChI=1S/C15H24N2O4/c1-9-7-8-10-11(15(9,5)16-6)12(18)17(20-10)21-13(19)14(2,3)4/h9,16H,7-8H2,1-6H3/t9-,15+/m0/s1. The van der Waals surface area contributed by atoms with Crippen molar-refractivity contribution in [2.75, 3.05) is 7.05 Å². The fourth-order valence-electron chi connectivity index (χ4n) is 2.61. The van der Waals surface area contributed by atoms with Gasteiger partial charge in [0.25, 0.3) is 0 Å². The van der Waals surface area contributed by atoms with Crippen LogP contribution in [0.1, 0.15) is 52.4 Å². The van der Waals surface area contributed by atoms with Crippen LogP contribution in [0, 0.1) is 11.3 Å². The van der Waals surface area contributed by atoms with Gasteiger partial charge in [-0.2, -0.15) is 0 Å². The molecule has 21 heavy (non-hydrogen) atoms. The zero-order valence-electron chi connectivity index (χ0n) is 13.6. The van der Waals surface area contributed by atoms with E-state index in [-0.39, 0.29) is 5.92 Å². The third-order valence-electron chi connectivity index (χ3n) is 4.46. The van der Waals surface area contributed by atoms with Gasteiger partial charge >= 0.3 is 11.5 Å². The van der Waals surface area contributed by atoms with Crippen LogP contribution in [0.4, 0.5) is 0 Å². The lowest BCUT2D eigenvalue weighted by atomic mass is 9.74. The lowest BCUT2D eigenvalue weighted by molar-refractivity contribution is -0.164. The molecule has 2 rings (SSSR count). The Morgan fingerprint density at radius 2 is 2.10 bits per heavy atom. The zero-order valence-corrected chi connectivity index (χ0v) is 13.6. The molecule has 6 nitrogen and oxygen atoms in total. The maximum Gasteiger partial charge on any atom is 0.341 e. The minimum Gasteiger partial charge on any atom is -0.346 e. The molecule has 1 N–H and O–H groups in total. The normalized spacial score (nSPS) is 25.5. The average Bonchev–Trinajstić information content (AvgIpc) is 2.71. The van der Waals surface area contributed by atoms with Crippen LogP contribution in [0.2, 0.25) is 0 Å². The first-order valence-corrected chi connectivity index (χ1v) is 7.28. The van der Waals surface area contributed by atoms with Crippen LogP contribution in [-0.4, -0.2) is 17.9 Å². The Morgan fingerprint density at radius 3 is 2.62 bits per heavy atom.